The van der Waals surface area contributed by atoms with E-state index in [9.17, 15) is 0 Å². The van der Waals surface area contributed by atoms with Gasteiger partial charge in [-0.3, -0.25) is 4.90 Å². The number of nitrogens with zero attached hydrogens (tertiary/aromatic N) is 1. The topological polar surface area (TPSA) is 15.3 Å². The van der Waals surface area contributed by atoms with Gasteiger partial charge in [-0.25, -0.2) is 0 Å². The zero-order valence-electron chi connectivity index (χ0n) is 13.5. The lowest BCUT2D eigenvalue weighted by molar-refractivity contribution is 0.157. The van der Waals surface area contributed by atoms with E-state index in [1.54, 1.807) is 11.1 Å². The Labute approximate surface area is 129 Å². The van der Waals surface area contributed by atoms with E-state index in [2.05, 4.69) is 41.4 Å². The standard InChI is InChI=1S/C19H30N2/c1-2-12-20-19-10-6-5-9-18(19)15-21-13-11-16-7-3-4-8-17(16)14-21/h3-4,7-8,18-20H,2,5-6,9-15H2,1H3. The molecule has 2 atom stereocenters. The van der Waals surface area contributed by atoms with Gasteiger partial charge in [-0.05, 0) is 49.3 Å². The second-order valence-electron chi connectivity index (χ2n) is 6.86. The summed E-state index contributed by atoms with van der Waals surface area (Å²) in [4.78, 5) is 2.69. The molecule has 0 amide bonds. The van der Waals surface area contributed by atoms with Gasteiger partial charge in [0.05, 0.1) is 0 Å². The molecule has 2 nitrogen and oxygen atoms in total. The van der Waals surface area contributed by atoms with Crippen LogP contribution in [0.2, 0.25) is 0 Å². The van der Waals surface area contributed by atoms with Gasteiger partial charge in [0, 0.05) is 25.7 Å². The smallest absolute Gasteiger partial charge is 0.0236 e. The first-order valence-corrected chi connectivity index (χ1v) is 8.89. The molecule has 2 heteroatoms. The van der Waals surface area contributed by atoms with Crippen LogP contribution in [0.3, 0.4) is 0 Å². The largest absolute Gasteiger partial charge is 0.314 e. The number of rotatable bonds is 5. The van der Waals surface area contributed by atoms with Crippen molar-refractivity contribution in [3.63, 3.8) is 0 Å². The molecule has 21 heavy (non-hydrogen) atoms. The molecule has 1 heterocycles. The van der Waals surface area contributed by atoms with E-state index in [0.717, 1.165) is 18.5 Å². The second kappa shape index (κ2) is 7.42. The van der Waals surface area contributed by atoms with Crippen molar-refractivity contribution in [2.45, 2.75) is 58.0 Å². The average molecular weight is 286 g/mol. The Bertz CT molecular complexity index is 443. The van der Waals surface area contributed by atoms with E-state index in [0.29, 0.717) is 0 Å². The Morgan fingerprint density at radius 2 is 1.95 bits per heavy atom. The van der Waals surface area contributed by atoms with Crippen LogP contribution in [0.15, 0.2) is 24.3 Å². The lowest BCUT2D eigenvalue weighted by Gasteiger charge is -2.38. The summed E-state index contributed by atoms with van der Waals surface area (Å²) in [5.74, 6) is 0.857. The number of benzene rings is 1. The monoisotopic (exact) mass is 286 g/mol. The lowest BCUT2D eigenvalue weighted by atomic mass is 9.83. The highest BCUT2D eigenvalue weighted by Gasteiger charge is 2.27. The summed E-state index contributed by atoms with van der Waals surface area (Å²) in [5.41, 5.74) is 3.12. The van der Waals surface area contributed by atoms with Crippen LogP contribution in [0.25, 0.3) is 0 Å². The maximum atomic E-state index is 3.80. The van der Waals surface area contributed by atoms with Gasteiger partial charge in [0.25, 0.3) is 0 Å². The van der Waals surface area contributed by atoms with Crippen molar-refractivity contribution in [2.75, 3.05) is 19.6 Å². The second-order valence-corrected chi connectivity index (χ2v) is 6.86. The Morgan fingerprint density at radius 3 is 2.81 bits per heavy atom. The van der Waals surface area contributed by atoms with Crippen LogP contribution in [0.1, 0.15) is 50.2 Å². The molecule has 1 aromatic carbocycles. The van der Waals surface area contributed by atoms with Gasteiger partial charge in [-0.1, -0.05) is 44.0 Å². The van der Waals surface area contributed by atoms with E-state index in [1.165, 1.54) is 58.2 Å². The maximum absolute atomic E-state index is 3.80. The molecule has 0 radical (unpaired) electrons. The van der Waals surface area contributed by atoms with Crippen LogP contribution in [-0.4, -0.2) is 30.6 Å². The minimum atomic E-state index is 0.760. The van der Waals surface area contributed by atoms with E-state index in [-0.39, 0.29) is 0 Å². The molecular formula is C19H30N2. The van der Waals surface area contributed by atoms with Crippen LogP contribution in [0.4, 0.5) is 0 Å². The molecule has 116 valence electrons. The highest BCUT2D eigenvalue weighted by molar-refractivity contribution is 5.29. The van der Waals surface area contributed by atoms with Gasteiger partial charge in [0.15, 0.2) is 0 Å². The molecule has 1 N–H and O–H groups in total. The third-order valence-electron chi connectivity index (χ3n) is 5.27. The number of nitrogens with one attached hydrogen (secondary N) is 1. The van der Waals surface area contributed by atoms with Crippen LogP contribution in [0, 0.1) is 5.92 Å². The van der Waals surface area contributed by atoms with Gasteiger partial charge in [-0.2, -0.15) is 0 Å². The van der Waals surface area contributed by atoms with Crippen LogP contribution in [-0.2, 0) is 13.0 Å². The fourth-order valence-electron chi connectivity index (χ4n) is 4.07. The number of fused-ring (bicyclic) bond motifs is 1. The van der Waals surface area contributed by atoms with Gasteiger partial charge in [0.1, 0.15) is 0 Å². The summed E-state index contributed by atoms with van der Waals surface area (Å²) in [5, 5.41) is 3.80. The van der Waals surface area contributed by atoms with Crippen LogP contribution in [0.5, 0.6) is 0 Å². The molecule has 0 aromatic heterocycles. The predicted molar refractivity (Wildman–Crippen MR) is 89.5 cm³/mol. The van der Waals surface area contributed by atoms with Crippen LogP contribution >= 0.6 is 0 Å². The Balaban J connectivity index is 1.58. The Hall–Kier alpha value is -0.860. The van der Waals surface area contributed by atoms with Crippen molar-refractivity contribution in [3.8, 4) is 0 Å². The molecule has 0 saturated heterocycles. The number of hydrogen-bond acceptors (Lipinski definition) is 2. The molecule has 2 aliphatic rings. The highest BCUT2D eigenvalue weighted by atomic mass is 15.1. The third kappa shape index (κ3) is 3.87. The fraction of sp³-hybridized carbons (Fsp3) is 0.684. The first-order chi connectivity index (χ1) is 10.4. The maximum Gasteiger partial charge on any atom is 0.0236 e. The summed E-state index contributed by atoms with van der Waals surface area (Å²) in [6.07, 6.45) is 8.13. The van der Waals surface area contributed by atoms with E-state index in [4.69, 9.17) is 0 Å². The minimum absolute atomic E-state index is 0.760. The Kier molecular flexibility index (Phi) is 5.32. The molecular weight excluding hydrogens is 256 g/mol. The Morgan fingerprint density at radius 1 is 1.14 bits per heavy atom. The SMILES string of the molecule is CCCNC1CCCCC1CN1CCc2ccccc2C1. The summed E-state index contributed by atoms with van der Waals surface area (Å²) >= 11 is 0. The van der Waals surface area contributed by atoms with Gasteiger partial charge >= 0.3 is 0 Å². The molecule has 1 aromatic rings. The summed E-state index contributed by atoms with van der Waals surface area (Å²) in [6.45, 7) is 7.15. The van der Waals surface area contributed by atoms with Crippen LogP contribution < -0.4 is 5.32 Å². The van der Waals surface area contributed by atoms with Crippen molar-refractivity contribution in [1.29, 1.82) is 0 Å². The number of hydrogen-bond donors (Lipinski definition) is 1. The van der Waals surface area contributed by atoms with Gasteiger partial charge in [-0.15, -0.1) is 0 Å². The zero-order valence-corrected chi connectivity index (χ0v) is 13.5. The van der Waals surface area contributed by atoms with E-state index < -0.39 is 0 Å². The normalized spacial score (nSPS) is 26.5. The predicted octanol–water partition coefficient (Wildman–Crippen LogP) is 3.60. The van der Waals surface area contributed by atoms with Gasteiger partial charge in [0.2, 0.25) is 0 Å². The minimum Gasteiger partial charge on any atom is -0.314 e. The molecule has 1 aliphatic carbocycles. The highest BCUT2D eigenvalue weighted by Crippen LogP contribution is 2.27. The molecule has 0 spiro atoms. The van der Waals surface area contributed by atoms with Crippen molar-refractivity contribution in [1.82, 2.24) is 10.2 Å². The first-order valence-electron chi connectivity index (χ1n) is 8.89. The lowest BCUT2D eigenvalue weighted by Crippen LogP contribution is -2.45. The van der Waals surface area contributed by atoms with Crippen molar-refractivity contribution in [2.24, 2.45) is 5.92 Å². The fourth-order valence-corrected chi connectivity index (χ4v) is 4.07. The molecule has 1 aliphatic heterocycles. The van der Waals surface area contributed by atoms with Gasteiger partial charge < -0.3 is 5.32 Å². The van der Waals surface area contributed by atoms with Crippen molar-refractivity contribution < 1.29 is 0 Å². The van der Waals surface area contributed by atoms with E-state index >= 15 is 0 Å². The summed E-state index contributed by atoms with van der Waals surface area (Å²) in [6, 6.07) is 9.75. The summed E-state index contributed by atoms with van der Waals surface area (Å²) in [7, 11) is 0. The molecule has 1 saturated carbocycles. The molecule has 1 fully saturated rings. The third-order valence-corrected chi connectivity index (χ3v) is 5.27. The quantitative estimate of drug-likeness (QED) is 0.889. The molecule has 3 rings (SSSR count). The van der Waals surface area contributed by atoms with E-state index in [1.807, 2.05) is 0 Å². The average Bonchev–Trinajstić information content (AvgIpc) is 2.54. The first kappa shape index (κ1) is 15.1. The summed E-state index contributed by atoms with van der Waals surface area (Å²) < 4.78 is 0. The van der Waals surface area contributed by atoms with Crippen molar-refractivity contribution in [3.05, 3.63) is 35.4 Å². The molecule has 0 bridgehead atoms. The zero-order chi connectivity index (χ0) is 14.5. The molecule has 2 unspecified atom stereocenters. The van der Waals surface area contributed by atoms with Crippen molar-refractivity contribution >= 4 is 0 Å².